The van der Waals surface area contributed by atoms with E-state index in [4.69, 9.17) is 4.74 Å². The highest BCUT2D eigenvalue weighted by molar-refractivity contribution is 5.79. The Morgan fingerprint density at radius 3 is 2.45 bits per heavy atom. The first-order valence-electron chi connectivity index (χ1n) is 10.1. The average Bonchev–Trinajstić information content (AvgIpc) is 2.70. The molecule has 1 amide bonds. The second-order valence-corrected chi connectivity index (χ2v) is 7.55. The number of piperidine rings is 1. The molecule has 0 atom stereocenters. The molecule has 1 fully saturated rings. The Bertz CT molecular complexity index is 818. The van der Waals surface area contributed by atoms with Crippen molar-refractivity contribution in [1.82, 2.24) is 9.80 Å². The lowest BCUT2D eigenvalue weighted by atomic mass is 10.0. The maximum Gasteiger partial charge on any atom is 0.227 e. The first-order valence-corrected chi connectivity index (χ1v) is 10.1. The molecular formula is C23H28F2N2O2. The molecule has 2 aromatic carbocycles. The smallest absolute Gasteiger partial charge is 0.227 e. The van der Waals surface area contributed by atoms with E-state index in [0.29, 0.717) is 12.2 Å². The highest BCUT2D eigenvalue weighted by atomic mass is 19.1. The lowest BCUT2D eigenvalue weighted by molar-refractivity contribution is -0.134. The molecule has 1 saturated heterocycles. The quantitative estimate of drug-likeness (QED) is 0.701. The molecule has 0 radical (unpaired) electrons. The van der Waals surface area contributed by atoms with Crippen LogP contribution >= 0.6 is 0 Å². The van der Waals surface area contributed by atoms with E-state index >= 15 is 0 Å². The van der Waals surface area contributed by atoms with Crippen LogP contribution in [0.15, 0.2) is 42.5 Å². The third-order valence-corrected chi connectivity index (χ3v) is 5.39. The summed E-state index contributed by atoms with van der Waals surface area (Å²) in [5.41, 5.74) is 1.22. The first kappa shape index (κ1) is 21.2. The summed E-state index contributed by atoms with van der Waals surface area (Å²) in [6.07, 6.45) is 1.92. The first-order chi connectivity index (χ1) is 14.0. The summed E-state index contributed by atoms with van der Waals surface area (Å²) in [5.74, 6) is -0.508. The van der Waals surface area contributed by atoms with E-state index in [9.17, 15) is 13.6 Å². The summed E-state index contributed by atoms with van der Waals surface area (Å²) < 4.78 is 33.0. The molecule has 0 unspecified atom stereocenters. The zero-order valence-electron chi connectivity index (χ0n) is 17.0. The van der Waals surface area contributed by atoms with Crippen LogP contribution in [0.3, 0.4) is 0 Å². The molecule has 0 N–H and O–H groups in total. The normalized spacial score (nSPS) is 15.3. The molecule has 1 aliphatic rings. The Morgan fingerprint density at radius 1 is 1.14 bits per heavy atom. The summed E-state index contributed by atoms with van der Waals surface area (Å²) in [4.78, 5) is 17.2. The molecule has 29 heavy (non-hydrogen) atoms. The summed E-state index contributed by atoms with van der Waals surface area (Å²) in [7, 11) is 2.06. The highest BCUT2D eigenvalue weighted by Crippen LogP contribution is 2.22. The van der Waals surface area contributed by atoms with Crippen LogP contribution < -0.4 is 4.74 Å². The molecule has 1 heterocycles. The second kappa shape index (κ2) is 9.83. The van der Waals surface area contributed by atoms with Crippen LogP contribution in [0.1, 0.15) is 30.9 Å². The Labute approximate surface area is 171 Å². The Morgan fingerprint density at radius 2 is 1.83 bits per heavy atom. The largest absolute Gasteiger partial charge is 0.494 e. The molecular weight excluding hydrogens is 374 g/mol. The van der Waals surface area contributed by atoms with Crippen molar-refractivity contribution in [3.63, 3.8) is 0 Å². The van der Waals surface area contributed by atoms with E-state index in [1.165, 1.54) is 12.1 Å². The number of benzene rings is 2. The second-order valence-electron chi connectivity index (χ2n) is 7.55. The minimum absolute atomic E-state index is 0.0471. The minimum Gasteiger partial charge on any atom is -0.494 e. The third kappa shape index (κ3) is 5.76. The van der Waals surface area contributed by atoms with Gasteiger partial charge < -0.3 is 14.5 Å². The van der Waals surface area contributed by atoms with Crippen molar-refractivity contribution in [3.05, 3.63) is 65.2 Å². The topological polar surface area (TPSA) is 32.8 Å². The van der Waals surface area contributed by atoms with Crippen LogP contribution in [0, 0.1) is 11.6 Å². The predicted molar refractivity (Wildman–Crippen MR) is 109 cm³/mol. The molecule has 2 aromatic rings. The number of halogens is 2. The van der Waals surface area contributed by atoms with Crippen LogP contribution in [-0.2, 0) is 17.8 Å². The van der Waals surface area contributed by atoms with Gasteiger partial charge in [-0.1, -0.05) is 18.2 Å². The summed E-state index contributed by atoms with van der Waals surface area (Å²) in [6.45, 7) is 4.44. The molecule has 6 heteroatoms. The molecule has 0 aromatic heterocycles. The maximum atomic E-state index is 14.2. The number of nitrogens with zero attached hydrogens (tertiary/aromatic N) is 2. The zero-order chi connectivity index (χ0) is 20.8. The van der Waals surface area contributed by atoms with E-state index < -0.39 is 11.6 Å². The van der Waals surface area contributed by atoms with Gasteiger partial charge in [-0.05, 0) is 63.7 Å². The lowest BCUT2D eigenvalue weighted by Crippen LogP contribution is -2.46. The van der Waals surface area contributed by atoms with Crippen LogP contribution in [0.2, 0.25) is 0 Å². The van der Waals surface area contributed by atoms with Crippen molar-refractivity contribution in [2.75, 3.05) is 26.7 Å². The third-order valence-electron chi connectivity index (χ3n) is 5.39. The van der Waals surface area contributed by atoms with E-state index in [0.717, 1.165) is 43.3 Å². The number of rotatable bonds is 7. The van der Waals surface area contributed by atoms with Gasteiger partial charge in [-0.3, -0.25) is 4.79 Å². The van der Waals surface area contributed by atoms with Gasteiger partial charge in [0.2, 0.25) is 5.91 Å². The summed E-state index contributed by atoms with van der Waals surface area (Å²) >= 11 is 0. The van der Waals surface area contributed by atoms with Crippen molar-refractivity contribution in [1.29, 1.82) is 0 Å². The van der Waals surface area contributed by atoms with Crippen molar-refractivity contribution in [3.8, 4) is 5.75 Å². The number of ether oxygens (including phenoxy) is 1. The fourth-order valence-electron chi connectivity index (χ4n) is 3.71. The fraction of sp³-hybridized carbons (Fsp3) is 0.435. The van der Waals surface area contributed by atoms with Crippen LogP contribution in [0.4, 0.5) is 8.78 Å². The van der Waals surface area contributed by atoms with Crippen molar-refractivity contribution >= 4 is 5.91 Å². The van der Waals surface area contributed by atoms with E-state index in [2.05, 4.69) is 11.9 Å². The predicted octanol–water partition coefficient (Wildman–Crippen LogP) is 4.03. The number of likely N-dealkylation sites (tertiary alicyclic amines) is 1. The fourth-order valence-corrected chi connectivity index (χ4v) is 3.71. The van der Waals surface area contributed by atoms with E-state index in [1.54, 1.807) is 4.90 Å². The van der Waals surface area contributed by atoms with Crippen molar-refractivity contribution < 1.29 is 18.3 Å². The van der Waals surface area contributed by atoms with E-state index in [1.807, 2.05) is 31.2 Å². The molecule has 0 bridgehead atoms. The molecule has 1 aliphatic heterocycles. The molecule has 3 rings (SSSR count). The average molecular weight is 402 g/mol. The van der Waals surface area contributed by atoms with Gasteiger partial charge in [-0.2, -0.15) is 0 Å². The number of amides is 1. The standard InChI is InChI=1S/C23H28F2N2O2/c1-3-29-21-8-4-17(5-9-21)14-23(28)27(20-10-12-26(2)13-11-20)16-18-6-7-19(24)15-22(18)25/h4-9,15,20H,3,10-14,16H2,1-2H3. The molecule has 0 spiro atoms. The van der Waals surface area contributed by atoms with Gasteiger partial charge in [0, 0.05) is 24.2 Å². The van der Waals surface area contributed by atoms with E-state index in [-0.39, 0.29) is 24.9 Å². The molecule has 0 saturated carbocycles. The lowest BCUT2D eigenvalue weighted by Gasteiger charge is -2.37. The molecule has 4 nitrogen and oxygen atoms in total. The SMILES string of the molecule is CCOc1ccc(CC(=O)N(Cc2ccc(F)cc2F)C2CCN(C)CC2)cc1. The van der Waals surface area contributed by atoms with Gasteiger partial charge in [0.25, 0.3) is 0 Å². The number of hydrogen-bond donors (Lipinski definition) is 0. The van der Waals surface area contributed by atoms with Gasteiger partial charge >= 0.3 is 0 Å². The summed E-state index contributed by atoms with van der Waals surface area (Å²) in [5, 5.41) is 0. The van der Waals surface area contributed by atoms with Gasteiger partial charge in [0.15, 0.2) is 0 Å². The van der Waals surface area contributed by atoms with Gasteiger partial charge in [0.05, 0.1) is 13.0 Å². The Balaban J connectivity index is 1.76. The number of hydrogen-bond acceptors (Lipinski definition) is 3. The summed E-state index contributed by atoms with van der Waals surface area (Å²) in [6, 6.07) is 11.1. The van der Waals surface area contributed by atoms with Crippen molar-refractivity contribution in [2.45, 2.75) is 38.8 Å². The van der Waals surface area contributed by atoms with Gasteiger partial charge in [-0.15, -0.1) is 0 Å². The zero-order valence-corrected chi connectivity index (χ0v) is 17.0. The van der Waals surface area contributed by atoms with Crippen molar-refractivity contribution in [2.24, 2.45) is 0 Å². The van der Waals surface area contributed by atoms with Crippen LogP contribution in [0.25, 0.3) is 0 Å². The van der Waals surface area contributed by atoms with Crippen LogP contribution in [-0.4, -0.2) is 48.5 Å². The Kier molecular flexibility index (Phi) is 7.20. The van der Waals surface area contributed by atoms with Crippen LogP contribution in [0.5, 0.6) is 5.75 Å². The molecule has 156 valence electrons. The minimum atomic E-state index is -0.614. The molecule has 0 aliphatic carbocycles. The number of carbonyl (C=O) groups is 1. The van der Waals surface area contributed by atoms with Gasteiger partial charge in [-0.25, -0.2) is 8.78 Å². The monoisotopic (exact) mass is 402 g/mol. The van der Waals surface area contributed by atoms with Gasteiger partial charge in [0.1, 0.15) is 17.4 Å². The maximum absolute atomic E-state index is 14.2. The highest BCUT2D eigenvalue weighted by Gasteiger charge is 2.27. The Hall–Kier alpha value is -2.47. The number of carbonyl (C=O) groups excluding carboxylic acids is 1.